The number of halogens is 8. The molecule has 43 heavy (non-hydrogen) atoms. The molecule has 1 aromatic heterocycles. The highest BCUT2D eigenvalue weighted by Gasteiger charge is 2.36. The fourth-order valence-electron chi connectivity index (χ4n) is 3.91. The maximum Gasteiger partial charge on any atom is 0.435 e. The van der Waals surface area contributed by atoms with Crippen LogP contribution in [0.3, 0.4) is 0 Å². The van der Waals surface area contributed by atoms with Crippen molar-refractivity contribution in [1.82, 2.24) is 9.78 Å². The normalized spacial score (nSPS) is 11.4. The number of aromatic nitrogens is 2. The first-order valence-electron chi connectivity index (χ1n) is 12.6. The van der Waals surface area contributed by atoms with Gasteiger partial charge in [-0.3, -0.25) is 4.68 Å². The fourth-order valence-corrected chi connectivity index (χ4v) is 4.26. The summed E-state index contributed by atoms with van der Waals surface area (Å²) < 4.78 is 93.9. The first kappa shape index (κ1) is 33.5. The van der Waals surface area contributed by atoms with Gasteiger partial charge in [-0.15, -0.1) is 0 Å². The summed E-state index contributed by atoms with van der Waals surface area (Å²) in [5, 5.41) is 3.36. The van der Waals surface area contributed by atoms with Crippen LogP contribution in [0.2, 0.25) is 10.0 Å². The van der Waals surface area contributed by atoms with Crippen LogP contribution in [0.15, 0.2) is 73.3 Å². The van der Waals surface area contributed by atoms with E-state index in [1.165, 1.54) is 25.2 Å². The van der Waals surface area contributed by atoms with E-state index in [9.17, 15) is 31.1 Å². The second-order valence-electron chi connectivity index (χ2n) is 8.58. The van der Waals surface area contributed by atoms with Crippen LogP contribution in [0.4, 0.5) is 26.3 Å². The lowest BCUT2D eigenvalue weighted by Crippen LogP contribution is -2.09. The van der Waals surface area contributed by atoms with E-state index in [1.54, 1.807) is 24.3 Å². The fraction of sp³-hybridized carbons (Fsp3) is 0.200. The number of nitrogens with zero attached hydrogens (tertiary/aromatic N) is 2. The minimum Gasteiger partial charge on any atom is -0.488 e. The molecule has 0 bridgehead atoms. The lowest BCUT2D eigenvalue weighted by Gasteiger charge is -2.20. The van der Waals surface area contributed by atoms with Gasteiger partial charge in [-0.25, -0.2) is 4.79 Å². The highest BCUT2D eigenvalue weighted by molar-refractivity contribution is 6.31. The summed E-state index contributed by atoms with van der Waals surface area (Å²) in [6.45, 7) is 7.25. The van der Waals surface area contributed by atoms with Crippen LogP contribution in [-0.2, 0) is 30.8 Å². The minimum absolute atomic E-state index is 0.0378. The summed E-state index contributed by atoms with van der Waals surface area (Å²) in [7, 11) is 1.23. The van der Waals surface area contributed by atoms with Crippen LogP contribution in [0.5, 0.6) is 11.5 Å². The van der Waals surface area contributed by atoms with Crippen molar-refractivity contribution in [3.05, 3.63) is 100 Å². The van der Waals surface area contributed by atoms with Gasteiger partial charge in [0.05, 0.1) is 21.8 Å². The number of aryl methyl sites for hydroxylation is 1. The minimum atomic E-state index is -4.85. The zero-order chi connectivity index (χ0) is 32.1. The van der Waals surface area contributed by atoms with Crippen molar-refractivity contribution in [2.45, 2.75) is 32.8 Å². The monoisotopic (exact) mass is 644 g/mol. The van der Waals surface area contributed by atoms with Gasteiger partial charge >= 0.3 is 18.3 Å². The molecule has 4 rings (SSSR count). The number of carbonyl (C=O) groups excluding carboxylic acids is 1. The second kappa shape index (κ2) is 13.6. The molecule has 0 aliphatic carbocycles. The number of carbonyl (C=O) groups is 1. The van der Waals surface area contributed by atoms with E-state index >= 15 is 0 Å². The van der Waals surface area contributed by atoms with Crippen molar-refractivity contribution in [3.8, 4) is 33.9 Å². The first-order valence-corrected chi connectivity index (χ1v) is 13.3. The summed E-state index contributed by atoms with van der Waals surface area (Å²) in [5.74, 6) is -1.44. The first-order chi connectivity index (χ1) is 20.2. The number of ether oxygens (including phenoxy) is 2. The van der Waals surface area contributed by atoms with Gasteiger partial charge in [0.1, 0.15) is 12.4 Å². The van der Waals surface area contributed by atoms with Crippen LogP contribution in [0, 0.1) is 0 Å². The highest BCUT2D eigenvalue weighted by atomic mass is 35.5. The van der Waals surface area contributed by atoms with E-state index < -0.39 is 34.6 Å². The predicted molar refractivity (Wildman–Crippen MR) is 152 cm³/mol. The van der Waals surface area contributed by atoms with Crippen LogP contribution < -0.4 is 9.47 Å². The van der Waals surface area contributed by atoms with E-state index in [4.69, 9.17) is 32.7 Å². The zero-order valence-electron chi connectivity index (χ0n) is 22.9. The summed E-state index contributed by atoms with van der Waals surface area (Å²) in [6, 6.07) is 12.9. The Kier molecular flexibility index (Phi) is 10.6. The van der Waals surface area contributed by atoms with Crippen molar-refractivity contribution < 1.29 is 40.6 Å². The zero-order valence-corrected chi connectivity index (χ0v) is 24.4. The van der Waals surface area contributed by atoms with E-state index in [2.05, 4.69) is 11.7 Å². The van der Waals surface area contributed by atoms with Crippen molar-refractivity contribution in [3.63, 3.8) is 0 Å². The van der Waals surface area contributed by atoms with Gasteiger partial charge in [-0.1, -0.05) is 61.8 Å². The van der Waals surface area contributed by atoms with E-state index in [0.717, 1.165) is 29.0 Å². The topological polar surface area (TPSA) is 53.3 Å². The molecule has 5 nitrogen and oxygen atoms in total. The molecule has 0 saturated heterocycles. The predicted octanol–water partition coefficient (Wildman–Crippen LogP) is 9.80. The van der Waals surface area contributed by atoms with Crippen molar-refractivity contribution >= 4 is 29.2 Å². The van der Waals surface area contributed by atoms with Gasteiger partial charge in [0, 0.05) is 23.7 Å². The molecule has 1 heterocycles. The quantitative estimate of drug-likeness (QED) is 0.0870. The van der Waals surface area contributed by atoms with Crippen LogP contribution in [0.25, 0.3) is 22.4 Å². The van der Waals surface area contributed by atoms with Gasteiger partial charge in [-0.2, -0.15) is 31.4 Å². The molecule has 0 unspecified atom stereocenters. The maximum atomic E-state index is 13.8. The molecule has 0 spiro atoms. The third-order valence-corrected chi connectivity index (χ3v) is 6.38. The molecular weight excluding hydrogens is 621 g/mol. The molecule has 0 amide bonds. The Morgan fingerprint density at radius 3 is 2.16 bits per heavy atom. The van der Waals surface area contributed by atoms with Crippen LogP contribution in [-0.4, -0.2) is 15.7 Å². The summed E-state index contributed by atoms with van der Waals surface area (Å²) in [4.78, 5) is 12.4. The molecule has 0 radical (unpaired) electrons. The molecule has 0 fully saturated rings. The Balaban J connectivity index is 0.00000248. The summed E-state index contributed by atoms with van der Waals surface area (Å²) >= 11 is 11.7. The van der Waals surface area contributed by atoms with Crippen molar-refractivity contribution in [2.75, 3.05) is 0 Å². The van der Waals surface area contributed by atoms with E-state index in [-0.39, 0.29) is 40.5 Å². The molecular formula is C30H24Cl2F6N2O3. The molecule has 4 aromatic rings. The third-order valence-electron chi connectivity index (χ3n) is 5.80. The highest BCUT2D eigenvalue weighted by Crippen LogP contribution is 2.48. The Morgan fingerprint density at radius 2 is 1.60 bits per heavy atom. The molecule has 0 aliphatic rings. The van der Waals surface area contributed by atoms with Gasteiger partial charge in [0.15, 0.2) is 11.4 Å². The molecule has 0 N–H and O–H groups in total. The molecule has 13 heteroatoms. The van der Waals surface area contributed by atoms with Gasteiger partial charge in [-0.05, 0) is 53.6 Å². The van der Waals surface area contributed by atoms with Crippen molar-refractivity contribution in [1.29, 1.82) is 0 Å². The second-order valence-corrected chi connectivity index (χ2v) is 9.43. The Bertz CT molecular complexity index is 1610. The molecule has 0 aliphatic heterocycles. The van der Waals surface area contributed by atoms with Crippen molar-refractivity contribution in [2.24, 2.45) is 7.05 Å². The lowest BCUT2D eigenvalue weighted by atomic mass is 9.96. The average molecular weight is 645 g/mol. The van der Waals surface area contributed by atoms with E-state index in [0.29, 0.717) is 10.6 Å². The molecule has 3 aromatic carbocycles. The van der Waals surface area contributed by atoms with E-state index in [1.807, 2.05) is 13.8 Å². The standard InChI is InChI=1S/C28H18Cl2F6N2O3.C2H6/c1-3-24(39)41-26-18(21-13-23(28(34,35)36)37-38(21)2)9-11-22(40-14-15-4-7-17(29)8-5-15)25(26)16-6-10-20(30)19(12-16)27(31,32)33;1-2/h3-13H,1,14H2,2H3;1-2H3. The SMILES string of the molecule is C=CC(=O)Oc1c(-c2cc(C(F)(F)F)nn2C)ccc(OCc2ccc(Cl)cc2)c1-c1ccc(Cl)c(C(F)(F)F)c1.CC. The molecule has 228 valence electrons. The smallest absolute Gasteiger partial charge is 0.435 e. The Labute approximate surface area is 253 Å². The number of hydrogen-bond donors (Lipinski definition) is 0. The number of benzene rings is 3. The lowest BCUT2D eigenvalue weighted by molar-refractivity contribution is -0.141. The largest absolute Gasteiger partial charge is 0.488 e. The third kappa shape index (κ3) is 7.91. The van der Waals surface area contributed by atoms with Crippen LogP contribution in [0.1, 0.15) is 30.7 Å². The van der Waals surface area contributed by atoms with Gasteiger partial charge in [0.25, 0.3) is 0 Å². The number of hydrogen-bond acceptors (Lipinski definition) is 4. The summed E-state index contributed by atoms with van der Waals surface area (Å²) in [5.41, 5.74) is -2.29. The maximum absolute atomic E-state index is 13.8. The Morgan fingerprint density at radius 1 is 0.953 bits per heavy atom. The summed E-state index contributed by atoms with van der Waals surface area (Å²) in [6.07, 6.45) is -8.85. The van der Waals surface area contributed by atoms with Gasteiger partial charge in [0.2, 0.25) is 0 Å². The van der Waals surface area contributed by atoms with Crippen LogP contribution >= 0.6 is 23.2 Å². The van der Waals surface area contributed by atoms with Gasteiger partial charge < -0.3 is 9.47 Å². The average Bonchev–Trinajstić information content (AvgIpc) is 3.35. The number of rotatable bonds is 7. The molecule has 0 atom stereocenters. The molecule has 0 saturated carbocycles. The number of esters is 1. The Hall–Kier alpha value is -3.96. The number of alkyl halides is 6.